The van der Waals surface area contributed by atoms with Gasteiger partial charge in [0.2, 0.25) is 0 Å². The summed E-state index contributed by atoms with van der Waals surface area (Å²) in [4.78, 5) is 0. The molecule has 0 aromatic rings. The molecule has 2 nitrogen and oxygen atoms in total. The molecule has 12 heavy (non-hydrogen) atoms. The Kier molecular flexibility index (Phi) is 6.76. The van der Waals surface area contributed by atoms with Crippen molar-refractivity contribution in [2.75, 3.05) is 6.61 Å². The van der Waals surface area contributed by atoms with Crippen LogP contribution >= 0.6 is 11.8 Å². The molecule has 0 aromatic carbocycles. The predicted molar refractivity (Wildman–Crippen MR) is 55.5 cm³/mol. The Labute approximate surface area is 78.9 Å². The Morgan fingerprint density at radius 2 is 2.33 bits per heavy atom. The molecule has 0 aromatic heterocycles. The molecule has 0 atom stereocenters. The molecule has 0 bridgehead atoms. The van der Waals surface area contributed by atoms with Crippen molar-refractivity contribution < 1.29 is 4.74 Å². The Bertz CT molecular complexity index is 155. The minimum absolute atomic E-state index is 0.674. The monoisotopic (exact) mass is 187 g/mol. The van der Waals surface area contributed by atoms with Crippen molar-refractivity contribution in [3.63, 3.8) is 0 Å². The molecule has 70 valence electrons. The van der Waals surface area contributed by atoms with Crippen LogP contribution in [0.5, 0.6) is 0 Å². The van der Waals surface area contributed by atoms with Crippen molar-refractivity contribution in [3.05, 3.63) is 23.3 Å². The van der Waals surface area contributed by atoms with Gasteiger partial charge >= 0.3 is 0 Å². The highest BCUT2D eigenvalue weighted by Crippen LogP contribution is 2.16. The maximum absolute atomic E-state index is 5.32. The van der Waals surface area contributed by atoms with Gasteiger partial charge in [-0.25, -0.2) is 0 Å². The van der Waals surface area contributed by atoms with E-state index in [9.17, 15) is 0 Å². The van der Waals surface area contributed by atoms with Crippen molar-refractivity contribution in [1.29, 1.82) is 0 Å². The van der Waals surface area contributed by atoms with E-state index in [4.69, 9.17) is 10.5 Å². The van der Waals surface area contributed by atoms with E-state index in [2.05, 4.69) is 20.4 Å². The Balaban J connectivity index is 3.32. The molecule has 0 fully saturated rings. The summed E-state index contributed by atoms with van der Waals surface area (Å²) >= 11 is 1.41. The normalized spacial score (nSPS) is 10.9. The van der Waals surface area contributed by atoms with Gasteiger partial charge in [-0.15, -0.1) is 0 Å². The fourth-order valence-corrected chi connectivity index (χ4v) is 0.939. The van der Waals surface area contributed by atoms with Gasteiger partial charge in [0.05, 0.1) is 6.61 Å². The number of hydrogen-bond acceptors (Lipinski definition) is 3. The molecule has 3 heteroatoms. The standard InChI is InChI=1S/C9H17NOS/c1-8(2)4-6-11-9(3)12-7-5-10/h5,7-8H,3-4,6,10H2,1-2H3/b7-5-. The summed E-state index contributed by atoms with van der Waals surface area (Å²) in [5.41, 5.74) is 5.16. The van der Waals surface area contributed by atoms with Crippen LogP contribution in [-0.2, 0) is 4.74 Å². The highest BCUT2D eigenvalue weighted by Gasteiger charge is 1.95. The van der Waals surface area contributed by atoms with Gasteiger partial charge in [0.15, 0.2) is 0 Å². The van der Waals surface area contributed by atoms with Gasteiger partial charge in [0, 0.05) is 6.20 Å². The van der Waals surface area contributed by atoms with Crippen molar-refractivity contribution in [2.45, 2.75) is 20.3 Å². The fourth-order valence-electron chi connectivity index (χ4n) is 0.558. The van der Waals surface area contributed by atoms with E-state index >= 15 is 0 Å². The van der Waals surface area contributed by atoms with Gasteiger partial charge < -0.3 is 10.5 Å². The zero-order valence-corrected chi connectivity index (χ0v) is 8.56. The first kappa shape index (κ1) is 11.4. The average Bonchev–Trinajstić information content (AvgIpc) is 2.00. The summed E-state index contributed by atoms with van der Waals surface area (Å²) in [7, 11) is 0. The van der Waals surface area contributed by atoms with Crippen LogP contribution in [0.15, 0.2) is 23.3 Å². The second kappa shape index (κ2) is 7.10. The highest BCUT2D eigenvalue weighted by atomic mass is 32.2. The molecule has 0 unspecified atom stereocenters. The summed E-state index contributed by atoms with van der Waals surface area (Å²) in [6.07, 6.45) is 2.54. The molecule has 0 amide bonds. The third-order valence-corrected chi connectivity index (χ3v) is 1.91. The van der Waals surface area contributed by atoms with Gasteiger partial charge in [-0.3, -0.25) is 0 Å². The number of ether oxygens (including phenoxy) is 1. The molecule has 0 heterocycles. The molecule has 0 saturated heterocycles. The van der Waals surface area contributed by atoms with Crippen LogP contribution in [0.3, 0.4) is 0 Å². The van der Waals surface area contributed by atoms with Crippen LogP contribution in [-0.4, -0.2) is 6.61 Å². The Hall–Kier alpha value is -0.570. The third-order valence-electron chi connectivity index (χ3n) is 1.24. The van der Waals surface area contributed by atoms with E-state index in [0.717, 1.165) is 13.0 Å². The second-order valence-corrected chi connectivity index (χ2v) is 3.81. The van der Waals surface area contributed by atoms with Crippen molar-refractivity contribution in [1.82, 2.24) is 0 Å². The molecule has 0 radical (unpaired) electrons. The first-order valence-corrected chi connectivity index (χ1v) is 4.90. The highest BCUT2D eigenvalue weighted by molar-refractivity contribution is 8.05. The van der Waals surface area contributed by atoms with Crippen molar-refractivity contribution in [2.24, 2.45) is 11.7 Å². The summed E-state index contributed by atoms with van der Waals surface area (Å²) in [5.74, 6) is 0.674. The number of hydrogen-bond donors (Lipinski definition) is 1. The summed E-state index contributed by atoms with van der Waals surface area (Å²) in [6, 6.07) is 0. The number of nitrogens with two attached hydrogens (primary N) is 1. The summed E-state index contributed by atoms with van der Waals surface area (Å²) in [5, 5.41) is 2.45. The Morgan fingerprint density at radius 3 is 2.83 bits per heavy atom. The lowest BCUT2D eigenvalue weighted by atomic mass is 10.1. The van der Waals surface area contributed by atoms with Gasteiger partial charge in [-0.2, -0.15) is 0 Å². The van der Waals surface area contributed by atoms with Crippen molar-refractivity contribution >= 4 is 11.8 Å². The molecule has 2 N–H and O–H groups in total. The average molecular weight is 187 g/mol. The number of thioether (sulfide) groups is 1. The van der Waals surface area contributed by atoms with E-state index in [0.29, 0.717) is 11.0 Å². The maximum atomic E-state index is 5.32. The second-order valence-electron chi connectivity index (χ2n) is 2.85. The van der Waals surface area contributed by atoms with Crippen LogP contribution in [0.25, 0.3) is 0 Å². The Morgan fingerprint density at radius 1 is 1.67 bits per heavy atom. The fraction of sp³-hybridized carbons (Fsp3) is 0.556. The first-order chi connectivity index (χ1) is 5.66. The van der Waals surface area contributed by atoms with E-state index in [1.54, 1.807) is 5.41 Å². The minimum atomic E-state index is 0.674. The largest absolute Gasteiger partial charge is 0.488 e. The first-order valence-electron chi connectivity index (χ1n) is 4.02. The zero-order valence-electron chi connectivity index (χ0n) is 7.75. The zero-order chi connectivity index (χ0) is 9.40. The van der Waals surface area contributed by atoms with E-state index in [1.165, 1.54) is 18.0 Å². The summed E-state index contributed by atoms with van der Waals surface area (Å²) < 4.78 is 5.32. The maximum Gasteiger partial charge on any atom is 0.150 e. The quantitative estimate of drug-likeness (QED) is 0.649. The van der Waals surface area contributed by atoms with Gasteiger partial charge in [-0.05, 0) is 24.3 Å². The molecule has 0 aliphatic rings. The van der Waals surface area contributed by atoms with E-state index in [1.807, 2.05) is 0 Å². The van der Waals surface area contributed by atoms with Gasteiger partial charge in [0.1, 0.15) is 5.09 Å². The minimum Gasteiger partial charge on any atom is -0.488 e. The number of rotatable bonds is 6. The molecule has 0 aliphatic carbocycles. The van der Waals surface area contributed by atoms with E-state index < -0.39 is 0 Å². The summed E-state index contributed by atoms with van der Waals surface area (Å²) in [6.45, 7) is 8.79. The van der Waals surface area contributed by atoms with Crippen LogP contribution in [0.1, 0.15) is 20.3 Å². The smallest absolute Gasteiger partial charge is 0.150 e. The predicted octanol–water partition coefficient (Wildman–Crippen LogP) is 2.68. The molecule has 0 spiro atoms. The van der Waals surface area contributed by atoms with Crippen LogP contribution in [0, 0.1) is 5.92 Å². The third kappa shape index (κ3) is 7.54. The van der Waals surface area contributed by atoms with Gasteiger partial charge in [-0.1, -0.05) is 25.6 Å². The molecule has 0 saturated carbocycles. The van der Waals surface area contributed by atoms with Crippen LogP contribution < -0.4 is 5.73 Å². The SMILES string of the molecule is C=C(OCCC(C)C)S/C=C\N. The topological polar surface area (TPSA) is 35.2 Å². The molecular weight excluding hydrogens is 170 g/mol. The lowest BCUT2D eigenvalue weighted by molar-refractivity contribution is 0.221. The molecule has 0 rings (SSSR count). The van der Waals surface area contributed by atoms with Crippen LogP contribution in [0.4, 0.5) is 0 Å². The van der Waals surface area contributed by atoms with Crippen LogP contribution in [0.2, 0.25) is 0 Å². The molecular formula is C9H17NOS. The molecule has 0 aliphatic heterocycles. The lowest BCUT2D eigenvalue weighted by Gasteiger charge is -2.07. The van der Waals surface area contributed by atoms with Gasteiger partial charge in [0.25, 0.3) is 0 Å². The lowest BCUT2D eigenvalue weighted by Crippen LogP contribution is -1.96. The van der Waals surface area contributed by atoms with Crippen molar-refractivity contribution in [3.8, 4) is 0 Å². The van der Waals surface area contributed by atoms with E-state index in [-0.39, 0.29) is 0 Å².